The Morgan fingerprint density at radius 3 is 2.79 bits per heavy atom. The van der Waals surface area contributed by atoms with Crippen molar-refractivity contribution in [3.05, 3.63) is 63.6 Å². The van der Waals surface area contributed by atoms with Gasteiger partial charge >= 0.3 is 0 Å². The summed E-state index contributed by atoms with van der Waals surface area (Å²) in [7, 11) is 0. The fourth-order valence-electron chi connectivity index (χ4n) is 2.08. The lowest BCUT2D eigenvalue weighted by molar-refractivity contribution is -0.385. The van der Waals surface area contributed by atoms with Crippen LogP contribution in [0.2, 0.25) is 0 Å². The molecule has 0 aliphatic carbocycles. The van der Waals surface area contributed by atoms with E-state index in [9.17, 15) is 10.1 Å². The van der Waals surface area contributed by atoms with Crippen molar-refractivity contribution in [3.63, 3.8) is 0 Å². The van der Waals surface area contributed by atoms with Crippen LogP contribution in [0, 0.1) is 10.1 Å². The first kappa shape index (κ1) is 13.6. The molecule has 100 valence electrons. The Morgan fingerprint density at radius 1 is 1.37 bits per heavy atom. The fraction of sp³-hybridized carbons (Fsp3) is 0.286. The normalized spacial score (nSPS) is 12.3. The number of hydrogen-bond donors (Lipinski definition) is 0. The molecule has 0 saturated carbocycles. The Kier molecular flexibility index (Phi) is 4.22. The van der Waals surface area contributed by atoms with E-state index in [0.717, 1.165) is 17.7 Å². The minimum atomic E-state index is -0.380. The zero-order valence-corrected chi connectivity index (χ0v) is 11.3. The molecule has 0 saturated heterocycles. The SMILES string of the molecule is CCc1occc1C(Cl)Cc1ccccc1[N+](=O)[O-]. The van der Waals surface area contributed by atoms with Crippen LogP contribution in [0.4, 0.5) is 5.69 Å². The number of benzene rings is 1. The minimum Gasteiger partial charge on any atom is -0.469 e. The molecular formula is C14H14ClNO3. The molecule has 0 radical (unpaired) electrons. The third-order valence-corrected chi connectivity index (χ3v) is 3.42. The summed E-state index contributed by atoms with van der Waals surface area (Å²) in [5.41, 5.74) is 1.65. The average Bonchev–Trinajstić information content (AvgIpc) is 2.87. The molecule has 1 heterocycles. The number of furan rings is 1. The molecular weight excluding hydrogens is 266 g/mol. The van der Waals surface area contributed by atoms with E-state index >= 15 is 0 Å². The Labute approximate surface area is 116 Å². The van der Waals surface area contributed by atoms with E-state index in [1.54, 1.807) is 24.5 Å². The number of nitro groups is 1. The summed E-state index contributed by atoms with van der Waals surface area (Å²) >= 11 is 6.36. The summed E-state index contributed by atoms with van der Waals surface area (Å²) in [6, 6.07) is 8.49. The topological polar surface area (TPSA) is 56.3 Å². The summed E-state index contributed by atoms with van der Waals surface area (Å²) in [5, 5.41) is 10.6. The molecule has 1 aromatic heterocycles. The highest BCUT2D eigenvalue weighted by Gasteiger charge is 2.20. The number of nitrogens with zero attached hydrogens (tertiary/aromatic N) is 1. The van der Waals surface area contributed by atoms with E-state index in [1.807, 2.05) is 13.0 Å². The summed E-state index contributed by atoms with van der Waals surface area (Å²) < 4.78 is 5.33. The van der Waals surface area contributed by atoms with E-state index in [0.29, 0.717) is 12.0 Å². The Bertz CT molecular complexity index is 580. The van der Waals surface area contributed by atoms with Crippen LogP contribution in [0.25, 0.3) is 0 Å². The van der Waals surface area contributed by atoms with Gasteiger partial charge in [0.15, 0.2) is 0 Å². The summed E-state index contributed by atoms with van der Waals surface area (Å²) in [6.45, 7) is 1.98. The monoisotopic (exact) mass is 279 g/mol. The fourth-order valence-corrected chi connectivity index (χ4v) is 2.44. The number of halogens is 1. The van der Waals surface area contributed by atoms with E-state index in [1.165, 1.54) is 6.07 Å². The van der Waals surface area contributed by atoms with E-state index in [-0.39, 0.29) is 16.0 Å². The third kappa shape index (κ3) is 2.96. The van der Waals surface area contributed by atoms with Gasteiger partial charge in [-0.25, -0.2) is 0 Å². The summed E-state index contributed by atoms with van der Waals surface area (Å²) in [4.78, 5) is 10.6. The quantitative estimate of drug-likeness (QED) is 0.466. The summed E-state index contributed by atoms with van der Waals surface area (Å²) in [6.07, 6.45) is 2.76. The van der Waals surface area contributed by atoms with Crippen molar-refractivity contribution in [2.75, 3.05) is 0 Å². The van der Waals surface area contributed by atoms with Gasteiger partial charge in [-0.2, -0.15) is 0 Å². The van der Waals surface area contributed by atoms with Crippen LogP contribution in [0.5, 0.6) is 0 Å². The Balaban J connectivity index is 2.24. The molecule has 2 rings (SSSR count). The van der Waals surface area contributed by atoms with Crippen molar-refractivity contribution >= 4 is 17.3 Å². The third-order valence-electron chi connectivity index (χ3n) is 3.03. The molecule has 4 nitrogen and oxygen atoms in total. The van der Waals surface area contributed by atoms with Crippen LogP contribution >= 0.6 is 11.6 Å². The molecule has 19 heavy (non-hydrogen) atoms. The lowest BCUT2D eigenvalue weighted by Gasteiger charge is -2.09. The van der Waals surface area contributed by atoms with Gasteiger partial charge in [-0.05, 0) is 12.5 Å². The van der Waals surface area contributed by atoms with Crippen molar-refractivity contribution in [2.45, 2.75) is 25.1 Å². The Hall–Kier alpha value is -1.81. The first-order valence-corrected chi connectivity index (χ1v) is 6.49. The van der Waals surface area contributed by atoms with Crippen LogP contribution in [-0.4, -0.2) is 4.92 Å². The van der Waals surface area contributed by atoms with E-state index in [2.05, 4.69) is 0 Å². The van der Waals surface area contributed by atoms with E-state index in [4.69, 9.17) is 16.0 Å². The van der Waals surface area contributed by atoms with Crippen molar-refractivity contribution in [1.82, 2.24) is 0 Å². The first-order valence-electron chi connectivity index (χ1n) is 6.06. The van der Waals surface area contributed by atoms with Gasteiger partial charge in [-0.15, -0.1) is 11.6 Å². The maximum Gasteiger partial charge on any atom is 0.272 e. The molecule has 0 bridgehead atoms. The predicted octanol–water partition coefficient (Wildman–Crippen LogP) is 4.27. The molecule has 2 aromatic rings. The van der Waals surface area contributed by atoms with Gasteiger partial charge in [-0.3, -0.25) is 10.1 Å². The largest absolute Gasteiger partial charge is 0.469 e. The molecule has 1 unspecified atom stereocenters. The molecule has 5 heteroatoms. The molecule has 1 atom stereocenters. The predicted molar refractivity (Wildman–Crippen MR) is 73.5 cm³/mol. The molecule has 0 N–H and O–H groups in total. The number of alkyl halides is 1. The first-order chi connectivity index (χ1) is 9.13. The molecule has 0 amide bonds. The maximum atomic E-state index is 11.0. The zero-order chi connectivity index (χ0) is 13.8. The van der Waals surface area contributed by atoms with Crippen molar-refractivity contribution < 1.29 is 9.34 Å². The Morgan fingerprint density at radius 2 is 2.11 bits per heavy atom. The van der Waals surface area contributed by atoms with Crippen molar-refractivity contribution in [2.24, 2.45) is 0 Å². The molecule has 0 fully saturated rings. The highest BCUT2D eigenvalue weighted by Crippen LogP contribution is 2.31. The second-order valence-corrected chi connectivity index (χ2v) is 4.74. The zero-order valence-electron chi connectivity index (χ0n) is 10.5. The van der Waals surface area contributed by atoms with Crippen LogP contribution < -0.4 is 0 Å². The van der Waals surface area contributed by atoms with Crippen molar-refractivity contribution in [1.29, 1.82) is 0 Å². The van der Waals surface area contributed by atoms with Crippen LogP contribution in [0.15, 0.2) is 41.0 Å². The lowest BCUT2D eigenvalue weighted by atomic mass is 10.0. The van der Waals surface area contributed by atoms with Crippen LogP contribution in [0.3, 0.4) is 0 Å². The van der Waals surface area contributed by atoms with Gasteiger partial charge in [0.1, 0.15) is 5.76 Å². The van der Waals surface area contributed by atoms with E-state index < -0.39 is 0 Å². The molecule has 0 aliphatic heterocycles. The van der Waals surface area contributed by atoms with Crippen LogP contribution in [0.1, 0.15) is 29.2 Å². The second kappa shape index (κ2) is 5.89. The standard InChI is InChI=1S/C14H14ClNO3/c1-2-14-11(7-8-19-14)12(15)9-10-5-3-4-6-13(10)16(17)18/h3-8,12H,2,9H2,1H3. The number of rotatable bonds is 5. The second-order valence-electron chi connectivity index (χ2n) is 4.21. The molecule has 0 aliphatic rings. The van der Waals surface area contributed by atoms with Gasteiger partial charge in [-0.1, -0.05) is 25.1 Å². The highest BCUT2D eigenvalue weighted by molar-refractivity contribution is 6.21. The number of nitro benzene ring substituents is 1. The molecule has 1 aromatic carbocycles. The van der Waals surface area contributed by atoms with Gasteiger partial charge in [0.2, 0.25) is 0 Å². The average molecular weight is 280 g/mol. The smallest absolute Gasteiger partial charge is 0.272 e. The number of hydrogen-bond acceptors (Lipinski definition) is 3. The van der Waals surface area contributed by atoms with Gasteiger partial charge < -0.3 is 4.42 Å². The maximum absolute atomic E-state index is 11.0. The van der Waals surface area contributed by atoms with Crippen molar-refractivity contribution in [3.8, 4) is 0 Å². The minimum absolute atomic E-state index is 0.106. The van der Waals surface area contributed by atoms with Gasteiger partial charge in [0.25, 0.3) is 5.69 Å². The number of aryl methyl sites for hydroxylation is 1. The van der Waals surface area contributed by atoms with Crippen LogP contribution in [-0.2, 0) is 12.8 Å². The molecule has 0 spiro atoms. The van der Waals surface area contributed by atoms with Gasteiger partial charge in [0.05, 0.1) is 16.6 Å². The highest BCUT2D eigenvalue weighted by atomic mass is 35.5. The van der Waals surface area contributed by atoms with Gasteiger partial charge in [0, 0.05) is 23.6 Å². The number of para-hydroxylation sites is 1. The lowest BCUT2D eigenvalue weighted by Crippen LogP contribution is -2.01. The summed E-state index contributed by atoms with van der Waals surface area (Å²) in [5.74, 6) is 0.832.